The molecule has 1 saturated heterocycles. The topological polar surface area (TPSA) is 96.5 Å². The number of hydrogen-bond donors (Lipinski definition) is 3. The predicted octanol–water partition coefficient (Wildman–Crippen LogP) is 0.499. The molecule has 0 spiro atoms. The van der Waals surface area contributed by atoms with Crippen LogP contribution < -0.4 is 14.8 Å². The number of carbonyl (C=O) groups excluding carboxylic acids is 1. The average molecular weight is 313 g/mol. The van der Waals surface area contributed by atoms with Gasteiger partial charge >= 0.3 is 16.3 Å². The summed E-state index contributed by atoms with van der Waals surface area (Å²) < 4.78 is 32.7. The Morgan fingerprint density at radius 2 is 1.90 bits per heavy atom. The maximum atomic E-state index is 11.8. The monoisotopic (exact) mass is 313 g/mol. The van der Waals surface area contributed by atoms with E-state index in [0.29, 0.717) is 12.8 Å². The third-order valence-electron chi connectivity index (χ3n) is 3.09. The highest BCUT2D eigenvalue weighted by Crippen LogP contribution is 2.04. The summed E-state index contributed by atoms with van der Waals surface area (Å²) in [5.74, 6) is 0. The Hall–Kier alpha value is -1.64. The molecule has 8 heteroatoms. The van der Waals surface area contributed by atoms with Crippen molar-refractivity contribution in [1.82, 2.24) is 14.8 Å². The molecule has 1 fully saturated rings. The lowest BCUT2D eigenvalue weighted by Gasteiger charge is -2.23. The minimum atomic E-state index is -3.89. The first-order valence-corrected chi connectivity index (χ1v) is 8.25. The van der Waals surface area contributed by atoms with Crippen LogP contribution in [0.5, 0.6) is 0 Å². The summed E-state index contributed by atoms with van der Waals surface area (Å²) in [6.07, 6.45) is 0.403. The van der Waals surface area contributed by atoms with Gasteiger partial charge in [0.25, 0.3) is 0 Å². The van der Waals surface area contributed by atoms with Crippen molar-refractivity contribution in [2.45, 2.75) is 25.5 Å². The van der Waals surface area contributed by atoms with Crippen LogP contribution >= 0.6 is 0 Å². The van der Waals surface area contributed by atoms with Crippen molar-refractivity contribution < 1.29 is 17.9 Å². The Bertz CT molecular complexity index is 556. The number of amides is 1. The van der Waals surface area contributed by atoms with E-state index in [1.165, 1.54) is 0 Å². The number of nitrogens with one attached hydrogen (secondary N) is 3. The van der Waals surface area contributed by atoms with Gasteiger partial charge in [-0.1, -0.05) is 30.3 Å². The first-order chi connectivity index (χ1) is 10.1. The number of piperidine rings is 1. The SMILES string of the molecule is O=C(NS(=O)(=O)NC1CCNCC1)OCc1ccccc1. The highest BCUT2D eigenvalue weighted by molar-refractivity contribution is 7.88. The van der Waals surface area contributed by atoms with E-state index in [2.05, 4.69) is 10.0 Å². The van der Waals surface area contributed by atoms with Gasteiger partial charge in [0, 0.05) is 6.04 Å². The highest BCUT2D eigenvalue weighted by Gasteiger charge is 2.22. The average Bonchev–Trinajstić information content (AvgIpc) is 2.46. The summed E-state index contributed by atoms with van der Waals surface area (Å²) in [5.41, 5.74) is 0.788. The molecule has 1 aliphatic rings. The third kappa shape index (κ3) is 5.70. The number of benzene rings is 1. The van der Waals surface area contributed by atoms with E-state index in [0.717, 1.165) is 18.7 Å². The Morgan fingerprint density at radius 3 is 2.57 bits per heavy atom. The highest BCUT2D eigenvalue weighted by atomic mass is 32.2. The van der Waals surface area contributed by atoms with E-state index in [9.17, 15) is 13.2 Å². The molecule has 2 rings (SSSR count). The Morgan fingerprint density at radius 1 is 1.24 bits per heavy atom. The molecule has 7 nitrogen and oxygen atoms in total. The lowest BCUT2D eigenvalue weighted by molar-refractivity contribution is 0.146. The fraction of sp³-hybridized carbons (Fsp3) is 0.462. The minimum absolute atomic E-state index is 0.0234. The summed E-state index contributed by atoms with van der Waals surface area (Å²) in [6.45, 7) is 1.53. The molecule has 116 valence electrons. The summed E-state index contributed by atoms with van der Waals surface area (Å²) >= 11 is 0. The molecular weight excluding hydrogens is 294 g/mol. The zero-order valence-corrected chi connectivity index (χ0v) is 12.4. The zero-order valence-electron chi connectivity index (χ0n) is 11.5. The van der Waals surface area contributed by atoms with Crippen LogP contribution in [0.3, 0.4) is 0 Å². The molecular formula is C13H19N3O4S. The molecule has 0 radical (unpaired) electrons. The third-order valence-corrected chi connectivity index (χ3v) is 4.17. The number of carbonyl (C=O) groups is 1. The summed E-state index contributed by atoms with van der Waals surface area (Å²) in [4.78, 5) is 11.5. The van der Waals surface area contributed by atoms with Crippen molar-refractivity contribution >= 4 is 16.3 Å². The van der Waals surface area contributed by atoms with Gasteiger partial charge in [0.1, 0.15) is 6.61 Å². The molecule has 1 heterocycles. The van der Waals surface area contributed by atoms with Crippen LogP contribution in [0, 0.1) is 0 Å². The molecule has 0 aromatic heterocycles. The molecule has 0 aliphatic carbocycles. The molecule has 0 atom stereocenters. The second kappa shape index (κ2) is 7.39. The van der Waals surface area contributed by atoms with Gasteiger partial charge in [-0.3, -0.25) is 0 Å². The Kier molecular flexibility index (Phi) is 5.54. The molecule has 0 saturated carbocycles. The van der Waals surface area contributed by atoms with Gasteiger partial charge in [0.05, 0.1) is 0 Å². The van der Waals surface area contributed by atoms with Crippen molar-refractivity contribution in [2.75, 3.05) is 13.1 Å². The van der Waals surface area contributed by atoms with E-state index < -0.39 is 16.3 Å². The van der Waals surface area contributed by atoms with Gasteiger partial charge in [-0.2, -0.15) is 13.1 Å². The summed E-state index contributed by atoms with van der Waals surface area (Å²) in [5, 5.41) is 3.13. The summed E-state index contributed by atoms with van der Waals surface area (Å²) in [6, 6.07) is 8.88. The lowest BCUT2D eigenvalue weighted by Crippen LogP contribution is -2.48. The molecule has 1 aliphatic heterocycles. The van der Waals surface area contributed by atoms with Gasteiger partial charge < -0.3 is 10.1 Å². The van der Waals surface area contributed by atoms with E-state index in [1.807, 2.05) is 22.9 Å². The molecule has 0 unspecified atom stereocenters. The van der Waals surface area contributed by atoms with Crippen LogP contribution in [0.2, 0.25) is 0 Å². The maximum Gasteiger partial charge on any atom is 0.422 e. The van der Waals surface area contributed by atoms with Crippen molar-refractivity contribution in [1.29, 1.82) is 0 Å². The zero-order chi connectivity index (χ0) is 15.1. The normalized spacial score (nSPS) is 16.4. The number of ether oxygens (including phenoxy) is 1. The number of rotatable bonds is 5. The fourth-order valence-electron chi connectivity index (χ4n) is 2.05. The second-order valence-electron chi connectivity index (χ2n) is 4.81. The lowest BCUT2D eigenvalue weighted by atomic mass is 10.1. The van der Waals surface area contributed by atoms with Crippen molar-refractivity contribution in [3.63, 3.8) is 0 Å². The fourth-order valence-corrected chi connectivity index (χ4v) is 3.06. The van der Waals surface area contributed by atoms with E-state index >= 15 is 0 Å². The van der Waals surface area contributed by atoms with E-state index in [1.54, 1.807) is 12.1 Å². The van der Waals surface area contributed by atoms with Gasteiger partial charge in [-0.05, 0) is 31.5 Å². The van der Waals surface area contributed by atoms with E-state index in [4.69, 9.17) is 4.74 Å². The largest absolute Gasteiger partial charge is 0.444 e. The predicted molar refractivity (Wildman–Crippen MR) is 77.7 cm³/mol. The Balaban J connectivity index is 1.77. The standard InChI is InChI=1S/C13H19N3O4S/c17-13(20-10-11-4-2-1-3-5-11)16-21(18,19)15-12-6-8-14-9-7-12/h1-5,12,14-15H,6-10H2,(H,16,17). The second-order valence-corrected chi connectivity index (χ2v) is 6.26. The van der Waals surface area contributed by atoms with Crippen LogP contribution in [-0.2, 0) is 21.6 Å². The van der Waals surface area contributed by atoms with Crippen LogP contribution in [0.4, 0.5) is 4.79 Å². The minimum Gasteiger partial charge on any atom is -0.444 e. The first-order valence-electron chi connectivity index (χ1n) is 6.77. The van der Waals surface area contributed by atoms with Crippen molar-refractivity contribution in [3.8, 4) is 0 Å². The van der Waals surface area contributed by atoms with Gasteiger partial charge in [-0.25, -0.2) is 9.52 Å². The Labute approximate surface area is 124 Å². The molecule has 21 heavy (non-hydrogen) atoms. The van der Waals surface area contributed by atoms with Crippen LogP contribution in [-0.4, -0.2) is 33.6 Å². The molecule has 3 N–H and O–H groups in total. The number of hydrogen-bond acceptors (Lipinski definition) is 5. The molecule has 0 bridgehead atoms. The van der Waals surface area contributed by atoms with E-state index in [-0.39, 0.29) is 12.6 Å². The van der Waals surface area contributed by atoms with Gasteiger partial charge in [0.15, 0.2) is 0 Å². The van der Waals surface area contributed by atoms with Gasteiger partial charge in [-0.15, -0.1) is 0 Å². The van der Waals surface area contributed by atoms with Crippen LogP contribution in [0.25, 0.3) is 0 Å². The van der Waals surface area contributed by atoms with Crippen molar-refractivity contribution in [2.24, 2.45) is 0 Å². The quantitative estimate of drug-likeness (QED) is 0.735. The maximum absolute atomic E-state index is 11.8. The molecule has 1 aromatic carbocycles. The first kappa shape index (κ1) is 15.7. The summed E-state index contributed by atoms with van der Waals surface area (Å²) in [7, 11) is -3.89. The molecule has 1 amide bonds. The smallest absolute Gasteiger partial charge is 0.422 e. The van der Waals surface area contributed by atoms with Crippen LogP contribution in [0.1, 0.15) is 18.4 Å². The van der Waals surface area contributed by atoms with Crippen LogP contribution in [0.15, 0.2) is 30.3 Å². The molecule has 1 aromatic rings. The van der Waals surface area contributed by atoms with Gasteiger partial charge in [0.2, 0.25) is 0 Å². The van der Waals surface area contributed by atoms with Crippen molar-refractivity contribution in [3.05, 3.63) is 35.9 Å².